The zero-order valence-corrected chi connectivity index (χ0v) is 10.2. The largest absolute Gasteiger partial charge is 0.378 e. The van der Waals surface area contributed by atoms with Gasteiger partial charge in [-0.25, -0.2) is 0 Å². The molecule has 2 aliphatic rings. The van der Waals surface area contributed by atoms with Crippen LogP contribution < -0.4 is 5.73 Å². The van der Waals surface area contributed by atoms with Crippen molar-refractivity contribution >= 4 is 0 Å². The molecule has 0 spiro atoms. The first-order valence-corrected chi connectivity index (χ1v) is 6.46. The second-order valence-corrected chi connectivity index (χ2v) is 5.24. The van der Waals surface area contributed by atoms with E-state index in [1.165, 1.54) is 12.8 Å². The molecular formula is C12H19N3O2. The zero-order valence-electron chi connectivity index (χ0n) is 10.2. The third kappa shape index (κ3) is 2.09. The molecule has 2 fully saturated rings. The van der Waals surface area contributed by atoms with Gasteiger partial charge >= 0.3 is 0 Å². The van der Waals surface area contributed by atoms with E-state index in [-0.39, 0.29) is 6.10 Å². The van der Waals surface area contributed by atoms with Gasteiger partial charge in [0, 0.05) is 12.5 Å². The lowest BCUT2D eigenvalue weighted by atomic mass is 9.86. The molecule has 0 bridgehead atoms. The third-order valence-corrected chi connectivity index (χ3v) is 3.76. The van der Waals surface area contributed by atoms with Crippen LogP contribution in [0.5, 0.6) is 0 Å². The van der Waals surface area contributed by atoms with Crippen molar-refractivity contribution in [2.45, 2.75) is 56.6 Å². The third-order valence-electron chi connectivity index (χ3n) is 3.76. The lowest BCUT2D eigenvalue weighted by molar-refractivity contribution is -0.0239. The molecule has 94 valence electrons. The number of nitrogens with two attached hydrogens (primary N) is 1. The molecule has 2 atom stereocenters. The average Bonchev–Trinajstić information content (AvgIpc) is 3.06. The SMILES string of the molecule is CCC1CC(N)(c2noc(C3CC3)n2)CCO1. The van der Waals surface area contributed by atoms with Crippen molar-refractivity contribution in [3.8, 4) is 0 Å². The lowest BCUT2D eigenvalue weighted by Crippen LogP contribution is -2.46. The summed E-state index contributed by atoms with van der Waals surface area (Å²) in [5.74, 6) is 1.92. The topological polar surface area (TPSA) is 74.2 Å². The van der Waals surface area contributed by atoms with E-state index in [0.29, 0.717) is 18.3 Å². The Balaban J connectivity index is 1.79. The highest BCUT2D eigenvalue weighted by molar-refractivity contribution is 5.10. The van der Waals surface area contributed by atoms with Crippen molar-refractivity contribution in [1.29, 1.82) is 0 Å². The quantitative estimate of drug-likeness (QED) is 0.865. The number of aromatic nitrogens is 2. The van der Waals surface area contributed by atoms with Gasteiger partial charge in [-0.15, -0.1) is 0 Å². The van der Waals surface area contributed by atoms with Crippen molar-refractivity contribution in [3.63, 3.8) is 0 Å². The molecule has 1 aliphatic heterocycles. The first kappa shape index (κ1) is 11.2. The van der Waals surface area contributed by atoms with Gasteiger partial charge in [0.1, 0.15) is 0 Å². The smallest absolute Gasteiger partial charge is 0.229 e. The molecule has 3 rings (SSSR count). The minimum Gasteiger partial charge on any atom is -0.378 e. The summed E-state index contributed by atoms with van der Waals surface area (Å²) in [4.78, 5) is 4.48. The fourth-order valence-electron chi connectivity index (χ4n) is 2.37. The highest BCUT2D eigenvalue weighted by Gasteiger charge is 2.40. The summed E-state index contributed by atoms with van der Waals surface area (Å²) in [6, 6.07) is 0. The van der Waals surface area contributed by atoms with E-state index in [9.17, 15) is 0 Å². The minimum absolute atomic E-state index is 0.219. The fourth-order valence-corrected chi connectivity index (χ4v) is 2.37. The van der Waals surface area contributed by atoms with Crippen LogP contribution in [0.15, 0.2) is 4.52 Å². The molecule has 1 saturated carbocycles. The number of rotatable bonds is 3. The van der Waals surface area contributed by atoms with Gasteiger partial charge in [-0.05, 0) is 32.1 Å². The van der Waals surface area contributed by atoms with E-state index >= 15 is 0 Å². The Morgan fingerprint density at radius 1 is 1.47 bits per heavy atom. The highest BCUT2D eigenvalue weighted by Crippen LogP contribution is 2.40. The second kappa shape index (κ2) is 4.07. The summed E-state index contributed by atoms with van der Waals surface area (Å²) in [6.07, 6.45) is 5.09. The predicted molar refractivity (Wildman–Crippen MR) is 61.4 cm³/mol. The van der Waals surface area contributed by atoms with Crippen molar-refractivity contribution in [2.75, 3.05) is 6.61 Å². The Kier molecular flexibility index (Phi) is 2.67. The van der Waals surface area contributed by atoms with Crippen molar-refractivity contribution < 1.29 is 9.26 Å². The van der Waals surface area contributed by atoms with Crippen molar-refractivity contribution in [1.82, 2.24) is 10.1 Å². The van der Waals surface area contributed by atoms with Crippen LogP contribution >= 0.6 is 0 Å². The molecule has 5 nitrogen and oxygen atoms in total. The molecule has 0 radical (unpaired) electrons. The van der Waals surface area contributed by atoms with Gasteiger partial charge in [0.25, 0.3) is 0 Å². The number of nitrogens with zero attached hydrogens (tertiary/aromatic N) is 2. The fraction of sp³-hybridized carbons (Fsp3) is 0.833. The summed E-state index contributed by atoms with van der Waals surface area (Å²) in [6.45, 7) is 2.80. The van der Waals surface area contributed by atoms with Crippen molar-refractivity contribution in [3.05, 3.63) is 11.7 Å². The molecule has 2 N–H and O–H groups in total. The monoisotopic (exact) mass is 237 g/mol. The van der Waals surface area contributed by atoms with Gasteiger partial charge in [-0.3, -0.25) is 0 Å². The molecule has 5 heteroatoms. The number of hydrogen-bond donors (Lipinski definition) is 1. The Labute approximate surface area is 101 Å². The van der Waals surface area contributed by atoms with E-state index in [4.69, 9.17) is 15.0 Å². The van der Waals surface area contributed by atoms with Crippen LogP contribution in [0.25, 0.3) is 0 Å². The van der Waals surface area contributed by atoms with Crippen LogP contribution in [0, 0.1) is 0 Å². The Bertz CT molecular complexity index is 402. The zero-order chi connectivity index (χ0) is 11.9. The molecule has 2 heterocycles. The average molecular weight is 237 g/mol. The molecule has 0 aromatic carbocycles. The standard InChI is InChI=1S/C12H19N3O2/c1-2-9-7-12(13,5-6-16-9)11-14-10(17-15-11)8-3-4-8/h8-9H,2-7,13H2,1H3. The maximum absolute atomic E-state index is 6.42. The molecule has 1 aromatic rings. The maximum Gasteiger partial charge on any atom is 0.229 e. The Morgan fingerprint density at radius 2 is 2.29 bits per heavy atom. The predicted octanol–water partition coefficient (Wildman–Crippen LogP) is 1.69. The highest BCUT2D eigenvalue weighted by atomic mass is 16.5. The molecular weight excluding hydrogens is 218 g/mol. The van der Waals surface area contributed by atoms with Crippen LogP contribution in [-0.4, -0.2) is 22.9 Å². The van der Waals surface area contributed by atoms with Gasteiger partial charge in [0.2, 0.25) is 5.89 Å². The second-order valence-electron chi connectivity index (χ2n) is 5.24. The van der Waals surface area contributed by atoms with E-state index in [1.807, 2.05) is 0 Å². The molecule has 1 aromatic heterocycles. The molecule has 17 heavy (non-hydrogen) atoms. The first-order valence-electron chi connectivity index (χ1n) is 6.46. The summed E-state index contributed by atoms with van der Waals surface area (Å²) in [5, 5.41) is 4.07. The summed E-state index contributed by atoms with van der Waals surface area (Å²) < 4.78 is 10.9. The van der Waals surface area contributed by atoms with E-state index in [0.717, 1.165) is 25.2 Å². The van der Waals surface area contributed by atoms with Gasteiger partial charge in [0.05, 0.1) is 11.6 Å². The van der Waals surface area contributed by atoms with Gasteiger partial charge in [-0.1, -0.05) is 12.1 Å². The van der Waals surface area contributed by atoms with Gasteiger partial charge < -0.3 is 15.0 Å². The normalized spacial score (nSPS) is 33.9. The Hall–Kier alpha value is -0.940. The maximum atomic E-state index is 6.42. The molecule has 2 unspecified atom stereocenters. The van der Waals surface area contributed by atoms with Crippen LogP contribution in [0.4, 0.5) is 0 Å². The Morgan fingerprint density at radius 3 is 3.00 bits per heavy atom. The van der Waals surface area contributed by atoms with Gasteiger partial charge in [0.15, 0.2) is 5.82 Å². The van der Waals surface area contributed by atoms with Crippen LogP contribution in [0.1, 0.15) is 56.7 Å². The summed E-state index contributed by atoms with van der Waals surface area (Å²) in [7, 11) is 0. The summed E-state index contributed by atoms with van der Waals surface area (Å²) >= 11 is 0. The van der Waals surface area contributed by atoms with Gasteiger partial charge in [-0.2, -0.15) is 4.98 Å². The summed E-state index contributed by atoms with van der Waals surface area (Å²) in [5.41, 5.74) is 5.95. The number of hydrogen-bond acceptors (Lipinski definition) is 5. The lowest BCUT2D eigenvalue weighted by Gasteiger charge is -2.35. The van der Waals surface area contributed by atoms with Crippen molar-refractivity contribution in [2.24, 2.45) is 5.73 Å². The molecule has 0 amide bonds. The molecule has 1 aliphatic carbocycles. The first-order chi connectivity index (χ1) is 8.21. The van der Waals surface area contributed by atoms with E-state index in [1.54, 1.807) is 0 Å². The van der Waals surface area contributed by atoms with Crippen LogP contribution in [0.2, 0.25) is 0 Å². The minimum atomic E-state index is -0.463. The van der Waals surface area contributed by atoms with Crippen LogP contribution in [0.3, 0.4) is 0 Å². The molecule has 1 saturated heterocycles. The van der Waals surface area contributed by atoms with E-state index in [2.05, 4.69) is 17.1 Å². The van der Waals surface area contributed by atoms with Crippen LogP contribution in [-0.2, 0) is 10.3 Å². The number of ether oxygens (including phenoxy) is 1. The van der Waals surface area contributed by atoms with E-state index < -0.39 is 5.54 Å².